The zero-order valence-corrected chi connectivity index (χ0v) is 19.0. The Labute approximate surface area is 196 Å². The van der Waals surface area contributed by atoms with Crippen LogP contribution in [0.1, 0.15) is 33.5 Å². The highest BCUT2D eigenvalue weighted by atomic mass is 35.5. The number of ether oxygens (including phenoxy) is 2. The molecule has 158 valence electrons. The van der Waals surface area contributed by atoms with Crippen molar-refractivity contribution in [1.82, 2.24) is 0 Å². The van der Waals surface area contributed by atoms with Gasteiger partial charge < -0.3 is 9.47 Å². The number of hydrogen-bond donors (Lipinski definition) is 0. The maximum Gasteiger partial charge on any atom is 0.189 e. The highest BCUT2D eigenvalue weighted by Gasteiger charge is 2.21. The van der Waals surface area contributed by atoms with Crippen LogP contribution in [-0.4, -0.2) is 12.9 Å². The van der Waals surface area contributed by atoms with E-state index in [0.717, 1.165) is 40.7 Å². The van der Waals surface area contributed by atoms with Crippen molar-refractivity contribution in [3.05, 3.63) is 97.5 Å². The highest BCUT2D eigenvalue weighted by molar-refractivity contribution is 6.40. The van der Waals surface area contributed by atoms with E-state index in [9.17, 15) is 4.79 Å². The van der Waals surface area contributed by atoms with E-state index in [4.69, 9.17) is 44.3 Å². The van der Waals surface area contributed by atoms with E-state index in [2.05, 4.69) is 0 Å². The fourth-order valence-electron chi connectivity index (χ4n) is 3.64. The second-order valence-corrected chi connectivity index (χ2v) is 8.47. The molecule has 0 N–H and O–H groups in total. The number of fused-ring (bicyclic) bond motifs is 1. The molecule has 0 aliphatic heterocycles. The van der Waals surface area contributed by atoms with Crippen LogP contribution in [-0.2, 0) is 13.0 Å². The summed E-state index contributed by atoms with van der Waals surface area (Å²) in [4.78, 5) is 12.8. The van der Waals surface area contributed by atoms with Gasteiger partial charge in [-0.3, -0.25) is 4.79 Å². The standard InChI is InChI=1S/C25H19Cl3O3/c1-30-23-11-15(10-17-9-8-16-4-2-3-5-20(16)24(17)29)6-7-18(23)14-31-25-21(27)12-19(26)13-22(25)28/h2-7,10-13H,8-9,14H2,1H3/b17-10+. The third-order valence-corrected chi connectivity index (χ3v) is 5.98. The Balaban J connectivity index is 1.55. The second kappa shape index (κ2) is 9.35. The van der Waals surface area contributed by atoms with Crippen LogP contribution < -0.4 is 9.47 Å². The lowest BCUT2D eigenvalue weighted by Crippen LogP contribution is -2.13. The van der Waals surface area contributed by atoms with Crippen LogP contribution in [0.2, 0.25) is 15.1 Å². The number of benzene rings is 3. The summed E-state index contributed by atoms with van der Waals surface area (Å²) in [6.45, 7) is 0.216. The lowest BCUT2D eigenvalue weighted by atomic mass is 9.86. The molecular formula is C25H19Cl3O3. The van der Waals surface area contributed by atoms with Gasteiger partial charge in [-0.05, 0) is 48.2 Å². The summed E-state index contributed by atoms with van der Waals surface area (Å²) in [5.41, 5.74) is 4.41. The third-order valence-electron chi connectivity index (χ3n) is 5.20. The first-order valence-electron chi connectivity index (χ1n) is 9.73. The first-order valence-corrected chi connectivity index (χ1v) is 10.9. The largest absolute Gasteiger partial charge is 0.496 e. The summed E-state index contributed by atoms with van der Waals surface area (Å²) in [7, 11) is 1.60. The summed E-state index contributed by atoms with van der Waals surface area (Å²) in [5.74, 6) is 1.10. The van der Waals surface area contributed by atoms with E-state index in [-0.39, 0.29) is 12.4 Å². The fourth-order valence-corrected chi connectivity index (χ4v) is 4.57. The number of halogens is 3. The Morgan fingerprint density at radius 3 is 2.45 bits per heavy atom. The Morgan fingerprint density at radius 2 is 1.71 bits per heavy atom. The van der Waals surface area contributed by atoms with Crippen molar-refractivity contribution in [2.45, 2.75) is 19.4 Å². The average molecular weight is 474 g/mol. The molecule has 0 heterocycles. The van der Waals surface area contributed by atoms with Crippen LogP contribution in [0.15, 0.2) is 60.2 Å². The topological polar surface area (TPSA) is 35.5 Å². The molecule has 3 nitrogen and oxygen atoms in total. The third kappa shape index (κ3) is 4.74. The van der Waals surface area contributed by atoms with Crippen LogP contribution in [0.5, 0.6) is 11.5 Å². The molecule has 0 atom stereocenters. The van der Waals surface area contributed by atoms with Gasteiger partial charge in [0.1, 0.15) is 12.4 Å². The summed E-state index contributed by atoms with van der Waals surface area (Å²) in [6, 6.07) is 16.7. The van der Waals surface area contributed by atoms with Crippen molar-refractivity contribution < 1.29 is 14.3 Å². The number of hydrogen-bond acceptors (Lipinski definition) is 3. The predicted octanol–water partition coefficient (Wildman–Crippen LogP) is 7.45. The van der Waals surface area contributed by atoms with E-state index < -0.39 is 0 Å². The number of methoxy groups -OCH3 is 1. The number of ketones is 1. The Kier molecular flexibility index (Phi) is 6.57. The molecule has 0 saturated carbocycles. The first kappa shape index (κ1) is 21.8. The molecule has 3 aromatic rings. The molecule has 0 spiro atoms. The number of carbonyl (C=O) groups is 1. The maximum atomic E-state index is 12.8. The van der Waals surface area contributed by atoms with Gasteiger partial charge >= 0.3 is 0 Å². The quantitative estimate of drug-likeness (QED) is 0.361. The molecule has 0 fully saturated rings. The molecule has 0 unspecified atom stereocenters. The summed E-state index contributed by atoms with van der Waals surface area (Å²) >= 11 is 18.3. The normalized spacial score (nSPS) is 14.5. The van der Waals surface area contributed by atoms with E-state index in [1.54, 1.807) is 19.2 Å². The van der Waals surface area contributed by atoms with Gasteiger partial charge in [0.05, 0.1) is 17.2 Å². The molecule has 0 radical (unpaired) electrons. The van der Waals surface area contributed by atoms with Crippen molar-refractivity contribution in [2.24, 2.45) is 0 Å². The van der Waals surface area contributed by atoms with Gasteiger partial charge in [0.2, 0.25) is 0 Å². The van der Waals surface area contributed by atoms with Gasteiger partial charge in [0.15, 0.2) is 11.5 Å². The van der Waals surface area contributed by atoms with Crippen LogP contribution in [0.3, 0.4) is 0 Å². The van der Waals surface area contributed by atoms with Crippen LogP contribution >= 0.6 is 34.8 Å². The van der Waals surface area contributed by atoms with E-state index >= 15 is 0 Å². The molecule has 0 saturated heterocycles. The van der Waals surface area contributed by atoms with Crippen LogP contribution in [0.25, 0.3) is 6.08 Å². The molecule has 3 aromatic carbocycles. The average Bonchev–Trinajstić information content (AvgIpc) is 2.75. The van der Waals surface area contributed by atoms with Gasteiger partial charge in [-0.2, -0.15) is 0 Å². The monoisotopic (exact) mass is 472 g/mol. The molecule has 0 aromatic heterocycles. The maximum absolute atomic E-state index is 12.8. The second-order valence-electron chi connectivity index (χ2n) is 7.21. The van der Waals surface area contributed by atoms with Gasteiger partial charge in [0, 0.05) is 21.7 Å². The van der Waals surface area contributed by atoms with Gasteiger partial charge in [0.25, 0.3) is 0 Å². The minimum atomic E-state index is 0.0836. The van der Waals surface area contributed by atoms with Crippen LogP contribution in [0.4, 0.5) is 0 Å². The summed E-state index contributed by atoms with van der Waals surface area (Å²) in [6.07, 6.45) is 3.51. The molecule has 6 heteroatoms. The zero-order valence-electron chi connectivity index (χ0n) is 16.8. The lowest BCUT2D eigenvalue weighted by molar-refractivity contribution is 0.102. The minimum absolute atomic E-state index is 0.0836. The summed E-state index contributed by atoms with van der Waals surface area (Å²) < 4.78 is 11.4. The fraction of sp³-hybridized carbons (Fsp3) is 0.160. The van der Waals surface area contributed by atoms with Gasteiger partial charge in [-0.15, -0.1) is 0 Å². The zero-order chi connectivity index (χ0) is 22.0. The molecule has 31 heavy (non-hydrogen) atoms. The number of aryl methyl sites for hydroxylation is 1. The Hall–Kier alpha value is -2.46. The number of Topliss-reactive ketones (excluding diaryl/α,β-unsaturated/α-hetero) is 1. The lowest BCUT2D eigenvalue weighted by Gasteiger charge is -2.17. The molecule has 0 amide bonds. The van der Waals surface area contributed by atoms with Crippen molar-refractivity contribution in [3.8, 4) is 11.5 Å². The van der Waals surface area contributed by atoms with Crippen molar-refractivity contribution in [1.29, 1.82) is 0 Å². The molecule has 0 bridgehead atoms. The SMILES string of the molecule is COc1cc(/C=C2\CCc3ccccc3C2=O)ccc1COc1c(Cl)cc(Cl)cc1Cl. The van der Waals surface area contributed by atoms with E-state index in [1.807, 2.05) is 48.5 Å². The van der Waals surface area contributed by atoms with Crippen molar-refractivity contribution >= 4 is 46.7 Å². The molecule has 1 aliphatic carbocycles. The van der Waals surface area contributed by atoms with Gasteiger partial charge in [-0.1, -0.05) is 71.2 Å². The van der Waals surface area contributed by atoms with E-state index in [1.165, 1.54) is 0 Å². The predicted molar refractivity (Wildman–Crippen MR) is 126 cm³/mol. The molecule has 4 rings (SSSR count). The van der Waals surface area contributed by atoms with Gasteiger partial charge in [-0.25, -0.2) is 0 Å². The smallest absolute Gasteiger partial charge is 0.189 e. The van der Waals surface area contributed by atoms with Crippen molar-refractivity contribution in [2.75, 3.05) is 7.11 Å². The van der Waals surface area contributed by atoms with E-state index in [0.29, 0.717) is 26.6 Å². The van der Waals surface area contributed by atoms with Crippen molar-refractivity contribution in [3.63, 3.8) is 0 Å². The number of carbonyl (C=O) groups excluding carboxylic acids is 1. The summed E-state index contributed by atoms with van der Waals surface area (Å²) in [5, 5.41) is 1.13. The Bertz CT molecular complexity index is 1160. The molecule has 1 aliphatic rings. The minimum Gasteiger partial charge on any atom is -0.496 e. The first-order chi connectivity index (χ1) is 15.0. The number of rotatable bonds is 5. The Morgan fingerprint density at radius 1 is 0.968 bits per heavy atom. The highest BCUT2D eigenvalue weighted by Crippen LogP contribution is 2.37. The molecular weight excluding hydrogens is 455 g/mol. The number of allylic oxidation sites excluding steroid dienone is 1. The van der Waals surface area contributed by atoms with Crippen LogP contribution in [0, 0.1) is 0 Å².